The van der Waals surface area contributed by atoms with E-state index in [0.717, 1.165) is 10.7 Å². The van der Waals surface area contributed by atoms with Crippen molar-refractivity contribution in [3.8, 4) is 0 Å². The Bertz CT molecular complexity index is 591. The Kier molecular flexibility index (Phi) is 3.96. The number of nitrogens with one attached hydrogen (secondary N) is 1. The van der Waals surface area contributed by atoms with Gasteiger partial charge in [0.2, 0.25) is 0 Å². The van der Waals surface area contributed by atoms with Gasteiger partial charge in [-0.05, 0) is 20.8 Å². The second kappa shape index (κ2) is 5.50. The molecule has 2 N–H and O–H groups in total. The number of aryl methyl sites for hydroxylation is 2. The molecule has 0 aliphatic heterocycles. The van der Waals surface area contributed by atoms with Crippen LogP contribution in [0.5, 0.6) is 0 Å². The molecule has 2 heterocycles. The molecule has 0 saturated heterocycles. The highest BCUT2D eigenvalue weighted by atomic mass is 32.1. The van der Waals surface area contributed by atoms with Gasteiger partial charge in [-0.15, -0.1) is 11.3 Å². The minimum absolute atomic E-state index is 0.0748. The first-order valence-electron chi connectivity index (χ1n) is 5.83. The number of aromatic carboxylic acids is 1. The Morgan fingerprint density at radius 1 is 1.58 bits per heavy atom. The van der Waals surface area contributed by atoms with Gasteiger partial charge in [-0.3, -0.25) is 0 Å². The van der Waals surface area contributed by atoms with Crippen LogP contribution in [0.2, 0.25) is 0 Å². The molecule has 1 unspecified atom stereocenters. The Labute approximate surface area is 114 Å². The van der Waals surface area contributed by atoms with Crippen molar-refractivity contribution in [3.05, 3.63) is 33.1 Å². The third-order valence-electron chi connectivity index (χ3n) is 2.69. The van der Waals surface area contributed by atoms with Gasteiger partial charge in [0.25, 0.3) is 0 Å². The van der Waals surface area contributed by atoms with Crippen molar-refractivity contribution in [3.63, 3.8) is 0 Å². The summed E-state index contributed by atoms with van der Waals surface area (Å²) in [5.74, 6) is -0.583. The monoisotopic (exact) mass is 281 g/mol. The topological polar surface area (TPSA) is 88.2 Å². The molecule has 2 rings (SSSR count). The number of thiazole rings is 1. The van der Waals surface area contributed by atoms with E-state index in [4.69, 9.17) is 9.63 Å². The van der Waals surface area contributed by atoms with Gasteiger partial charge >= 0.3 is 5.97 Å². The van der Waals surface area contributed by atoms with Crippen molar-refractivity contribution in [2.45, 2.75) is 33.4 Å². The van der Waals surface area contributed by atoms with Crippen LogP contribution in [0.4, 0.5) is 0 Å². The fraction of sp³-hybridized carbons (Fsp3) is 0.417. The lowest BCUT2D eigenvalue weighted by Crippen LogP contribution is -2.17. The van der Waals surface area contributed by atoms with Gasteiger partial charge in [0, 0.05) is 17.0 Å². The molecule has 2 aromatic heterocycles. The molecule has 0 amide bonds. The molecule has 102 valence electrons. The minimum Gasteiger partial charge on any atom is -0.476 e. The van der Waals surface area contributed by atoms with Crippen molar-refractivity contribution in [1.82, 2.24) is 15.5 Å². The summed E-state index contributed by atoms with van der Waals surface area (Å²) in [6.07, 6.45) is 0. The second-order valence-corrected chi connectivity index (χ2v) is 5.50. The normalized spacial score (nSPS) is 12.6. The highest BCUT2D eigenvalue weighted by molar-refractivity contribution is 7.11. The number of hydrogen-bond acceptors (Lipinski definition) is 6. The van der Waals surface area contributed by atoms with Gasteiger partial charge in [-0.25, -0.2) is 9.78 Å². The number of carboxylic acids is 1. The summed E-state index contributed by atoms with van der Waals surface area (Å²) in [5.41, 5.74) is 0.945. The highest BCUT2D eigenvalue weighted by Gasteiger charge is 2.15. The summed E-state index contributed by atoms with van der Waals surface area (Å²) in [5, 5.41) is 16.5. The maximum absolute atomic E-state index is 10.7. The Morgan fingerprint density at radius 3 is 2.84 bits per heavy atom. The van der Waals surface area contributed by atoms with E-state index in [0.29, 0.717) is 12.3 Å². The second-order valence-electron chi connectivity index (χ2n) is 4.27. The number of rotatable bonds is 5. The number of aromatic nitrogens is 2. The van der Waals surface area contributed by atoms with E-state index in [1.165, 1.54) is 10.9 Å². The van der Waals surface area contributed by atoms with E-state index in [-0.39, 0.29) is 11.7 Å². The first kappa shape index (κ1) is 13.7. The van der Waals surface area contributed by atoms with Crippen molar-refractivity contribution < 1.29 is 14.4 Å². The zero-order valence-corrected chi connectivity index (χ0v) is 11.7. The molecular formula is C12H15N3O3S. The molecule has 0 saturated carbocycles. The number of carboxylic acid groups (broad SMARTS) is 1. The average molecular weight is 281 g/mol. The fourth-order valence-electron chi connectivity index (χ4n) is 1.79. The summed E-state index contributed by atoms with van der Waals surface area (Å²) in [6.45, 7) is 6.42. The summed E-state index contributed by atoms with van der Waals surface area (Å²) >= 11 is 1.65. The van der Waals surface area contributed by atoms with Gasteiger partial charge in [0.05, 0.1) is 17.2 Å². The van der Waals surface area contributed by atoms with Crippen LogP contribution in [0.15, 0.2) is 10.6 Å². The highest BCUT2D eigenvalue weighted by Crippen LogP contribution is 2.24. The molecule has 0 aliphatic rings. The number of hydrogen-bond donors (Lipinski definition) is 2. The molecular weight excluding hydrogens is 266 g/mol. The quantitative estimate of drug-likeness (QED) is 0.874. The van der Waals surface area contributed by atoms with E-state index in [1.54, 1.807) is 11.3 Å². The third kappa shape index (κ3) is 3.18. The van der Waals surface area contributed by atoms with Crippen LogP contribution in [-0.4, -0.2) is 21.2 Å². The Morgan fingerprint density at radius 2 is 2.32 bits per heavy atom. The molecule has 0 aromatic carbocycles. The third-order valence-corrected chi connectivity index (χ3v) is 3.95. The van der Waals surface area contributed by atoms with Crippen LogP contribution in [0.3, 0.4) is 0 Å². The standard InChI is InChI=1S/C12H15N3O3S/c1-6(11-7(2)14-8(3)19-11)13-5-9-4-10(12(16)17)15-18-9/h4,6,13H,5H2,1-3H3,(H,16,17). The maximum atomic E-state index is 10.7. The first-order valence-corrected chi connectivity index (χ1v) is 6.65. The van der Waals surface area contributed by atoms with Gasteiger partial charge in [-0.1, -0.05) is 5.16 Å². The van der Waals surface area contributed by atoms with Gasteiger partial charge < -0.3 is 14.9 Å². The molecule has 0 bridgehead atoms. The zero-order valence-electron chi connectivity index (χ0n) is 10.9. The van der Waals surface area contributed by atoms with Crippen LogP contribution in [-0.2, 0) is 6.54 Å². The van der Waals surface area contributed by atoms with Crippen molar-refractivity contribution in [2.24, 2.45) is 0 Å². The van der Waals surface area contributed by atoms with Crippen molar-refractivity contribution in [1.29, 1.82) is 0 Å². The lowest BCUT2D eigenvalue weighted by Gasteiger charge is -2.10. The van der Waals surface area contributed by atoms with Crippen LogP contribution >= 0.6 is 11.3 Å². The predicted octanol–water partition coefficient (Wildman–Crippen LogP) is 2.30. The SMILES string of the molecule is Cc1nc(C)c(C(C)NCc2cc(C(=O)O)no2)s1. The van der Waals surface area contributed by atoms with E-state index in [9.17, 15) is 4.79 Å². The summed E-state index contributed by atoms with van der Waals surface area (Å²) in [6, 6.07) is 1.55. The van der Waals surface area contributed by atoms with E-state index in [2.05, 4.69) is 15.5 Å². The van der Waals surface area contributed by atoms with Gasteiger partial charge in [0.1, 0.15) is 0 Å². The van der Waals surface area contributed by atoms with Crippen LogP contribution < -0.4 is 5.32 Å². The fourth-order valence-corrected chi connectivity index (χ4v) is 2.75. The zero-order chi connectivity index (χ0) is 14.0. The maximum Gasteiger partial charge on any atom is 0.358 e. The lowest BCUT2D eigenvalue weighted by molar-refractivity contribution is 0.0685. The summed E-state index contributed by atoms with van der Waals surface area (Å²) < 4.78 is 4.94. The van der Waals surface area contributed by atoms with Crippen LogP contribution in [0, 0.1) is 13.8 Å². The molecule has 7 heteroatoms. The molecule has 0 aliphatic carbocycles. The Balaban J connectivity index is 1.98. The largest absolute Gasteiger partial charge is 0.476 e. The average Bonchev–Trinajstić information content (AvgIpc) is 2.93. The van der Waals surface area contributed by atoms with Crippen molar-refractivity contribution >= 4 is 17.3 Å². The first-order chi connectivity index (χ1) is 8.97. The molecule has 0 spiro atoms. The van der Waals surface area contributed by atoms with Crippen LogP contribution in [0.1, 0.15) is 44.8 Å². The molecule has 2 aromatic rings. The number of carbonyl (C=O) groups is 1. The minimum atomic E-state index is -1.09. The smallest absolute Gasteiger partial charge is 0.358 e. The summed E-state index contributed by atoms with van der Waals surface area (Å²) in [4.78, 5) is 16.2. The molecule has 0 fully saturated rings. The van der Waals surface area contributed by atoms with E-state index in [1.807, 2.05) is 20.8 Å². The molecule has 6 nitrogen and oxygen atoms in total. The van der Waals surface area contributed by atoms with Crippen molar-refractivity contribution in [2.75, 3.05) is 0 Å². The van der Waals surface area contributed by atoms with Crippen LogP contribution in [0.25, 0.3) is 0 Å². The molecule has 0 radical (unpaired) electrons. The molecule has 19 heavy (non-hydrogen) atoms. The van der Waals surface area contributed by atoms with Gasteiger partial charge in [0.15, 0.2) is 11.5 Å². The predicted molar refractivity (Wildman–Crippen MR) is 70.3 cm³/mol. The summed E-state index contributed by atoms with van der Waals surface area (Å²) in [7, 11) is 0. The van der Waals surface area contributed by atoms with Gasteiger partial charge in [-0.2, -0.15) is 0 Å². The lowest BCUT2D eigenvalue weighted by atomic mass is 10.2. The molecule has 1 atom stereocenters. The Hall–Kier alpha value is -1.73. The van der Waals surface area contributed by atoms with E-state index >= 15 is 0 Å². The number of nitrogens with zero attached hydrogens (tertiary/aromatic N) is 2. The van der Waals surface area contributed by atoms with E-state index < -0.39 is 5.97 Å².